The highest BCUT2D eigenvalue weighted by Gasteiger charge is 2.23. The summed E-state index contributed by atoms with van der Waals surface area (Å²) in [6.45, 7) is 1.14. The fraction of sp³-hybridized carbons (Fsp3) is 1.00. The van der Waals surface area contributed by atoms with Gasteiger partial charge in [-0.2, -0.15) is 0 Å². The first kappa shape index (κ1) is 7.94. The summed E-state index contributed by atoms with van der Waals surface area (Å²) < 4.78 is 10.4. The first-order valence-corrected chi connectivity index (χ1v) is 3.45. The van der Waals surface area contributed by atoms with Crippen LogP contribution in [0.5, 0.6) is 0 Å². The Morgan fingerprint density at radius 3 is 2.90 bits per heavy atom. The molecule has 0 amide bonds. The predicted molar refractivity (Wildman–Crippen MR) is 35.4 cm³/mol. The van der Waals surface area contributed by atoms with Crippen molar-refractivity contribution in [2.75, 3.05) is 19.8 Å². The molecule has 0 aromatic rings. The number of ether oxygens (including phenoxy) is 2. The summed E-state index contributed by atoms with van der Waals surface area (Å²) in [4.78, 5) is 0. The first-order chi connectivity index (χ1) is 4.86. The van der Waals surface area contributed by atoms with Crippen LogP contribution in [0.3, 0.4) is 0 Å². The Hall–Kier alpha value is -0.160. The van der Waals surface area contributed by atoms with Crippen LogP contribution >= 0.6 is 0 Å². The van der Waals surface area contributed by atoms with Crippen molar-refractivity contribution in [3.05, 3.63) is 0 Å². The summed E-state index contributed by atoms with van der Waals surface area (Å²) in [6.07, 6.45) is 0.325. The largest absolute Gasteiger partial charge is 0.396 e. The van der Waals surface area contributed by atoms with Crippen molar-refractivity contribution in [2.45, 2.75) is 18.8 Å². The highest BCUT2D eigenvalue weighted by Crippen LogP contribution is 2.12. The van der Waals surface area contributed by atoms with Crippen LogP contribution in [0.1, 0.15) is 6.42 Å². The van der Waals surface area contributed by atoms with Gasteiger partial charge in [0, 0.05) is 19.6 Å². The second-order valence-corrected chi connectivity index (χ2v) is 2.27. The lowest BCUT2D eigenvalue weighted by molar-refractivity contribution is -0.0678. The molecule has 0 aromatic heterocycles. The van der Waals surface area contributed by atoms with Gasteiger partial charge in [0.25, 0.3) is 0 Å². The van der Waals surface area contributed by atoms with Crippen molar-refractivity contribution in [1.82, 2.24) is 0 Å². The van der Waals surface area contributed by atoms with Gasteiger partial charge >= 0.3 is 0 Å². The number of rotatable bonds is 3. The van der Waals surface area contributed by atoms with Gasteiger partial charge in [0.05, 0.1) is 12.7 Å². The Morgan fingerprint density at radius 1 is 1.60 bits per heavy atom. The molecular formula is C6H13NO3. The van der Waals surface area contributed by atoms with Gasteiger partial charge in [-0.1, -0.05) is 0 Å². The zero-order valence-corrected chi connectivity index (χ0v) is 5.82. The smallest absolute Gasteiger partial charge is 0.160 e. The van der Waals surface area contributed by atoms with Crippen LogP contribution < -0.4 is 5.73 Å². The van der Waals surface area contributed by atoms with Crippen LogP contribution in [0.2, 0.25) is 0 Å². The predicted octanol–water partition coefficient (Wildman–Crippen LogP) is -0.931. The van der Waals surface area contributed by atoms with Crippen molar-refractivity contribution >= 4 is 0 Å². The molecule has 0 bridgehead atoms. The van der Waals surface area contributed by atoms with Gasteiger partial charge in [0.2, 0.25) is 0 Å². The van der Waals surface area contributed by atoms with Crippen LogP contribution in [0.15, 0.2) is 0 Å². The van der Waals surface area contributed by atoms with E-state index < -0.39 is 0 Å². The number of aliphatic hydroxyl groups is 1. The van der Waals surface area contributed by atoms with Crippen LogP contribution in [-0.2, 0) is 9.47 Å². The Balaban J connectivity index is 2.15. The summed E-state index contributed by atoms with van der Waals surface area (Å²) in [6, 6.07) is 0. The molecule has 1 saturated heterocycles. The van der Waals surface area contributed by atoms with E-state index in [-0.39, 0.29) is 19.0 Å². The van der Waals surface area contributed by atoms with Gasteiger partial charge < -0.3 is 20.3 Å². The summed E-state index contributed by atoms with van der Waals surface area (Å²) in [5, 5.41) is 8.49. The third-order valence-corrected chi connectivity index (χ3v) is 1.44. The van der Waals surface area contributed by atoms with Crippen molar-refractivity contribution in [3.63, 3.8) is 0 Å². The summed E-state index contributed by atoms with van der Waals surface area (Å²) in [7, 11) is 0. The van der Waals surface area contributed by atoms with Gasteiger partial charge in [0.15, 0.2) is 6.29 Å². The highest BCUT2D eigenvalue weighted by molar-refractivity contribution is 4.65. The van der Waals surface area contributed by atoms with Gasteiger partial charge in [-0.3, -0.25) is 0 Å². The fourth-order valence-electron chi connectivity index (χ4n) is 0.888. The van der Waals surface area contributed by atoms with Crippen molar-refractivity contribution in [3.8, 4) is 0 Å². The Morgan fingerprint density at radius 2 is 2.40 bits per heavy atom. The zero-order valence-electron chi connectivity index (χ0n) is 5.82. The minimum Gasteiger partial charge on any atom is -0.396 e. The minimum atomic E-state index is -0.237. The van der Waals surface area contributed by atoms with Gasteiger partial charge in [-0.05, 0) is 0 Å². The van der Waals surface area contributed by atoms with Crippen LogP contribution in [0, 0.1) is 0 Å². The molecule has 1 rings (SSSR count). The SMILES string of the molecule is NCC1COC(CCO)O1. The van der Waals surface area contributed by atoms with E-state index in [4.69, 9.17) is 20.3 Å². The minimum absolute atomic E-state index is 0.0246. The maximum absolute atomic E-state index is 8.49. The number of nitrogens with two attached hydrogens (primary N) is 1. The molecule has 2 atom stereocenters. The number of aliphatic hydroxyl groups excluding tert-OH is 1. The third kappa shape index (κ3) is 1.91. The monoisotopic (exact) mass is 147 g/mol. The average Bonchev–Trinajstić information content (AvgIpc) is 2.37. The number of hydrogen-bond donors (Lipinski definition) is 2. The standard InChI is InChI=1S/C6H13NO3/c7-3-5-4-9-6(10-5)1-2-8/h5-6,8H,1-4,7H2. The quantitative estimate of drug-likeness (QED) is 0.541. The van der Waals surface area contributed by atoms with Crippen LogP contribution in [0.25, 0.3) is 0 Å². The molecule has 1 aliphatic heterocycles. The summed E-state index contributed by atoms with van der Waals surface area (Å²) in [5.41, 5.74) is 5.32. The van der Waals surface area contributed by atoms with Crippen molar-refractivity contribution in [1.29, 1.82) is 0 Å². The van der Waals surface area contributed by atoms with E-state index in [0.29, 0.717) is 19.6 Å². The second-order valence-electron chi connectivity index (χ2n) is 2.27. The lowest BCUT2D eigenvalue weighted by atomic mass is 10.4. The van der Waals surface area contributed by atoms with E-state index in [1.165, 1.54) is 0 Å². The Labute approximate surface area is 59.9 Å². The lowest BCUT2D eigenvalue weighted by Crippen LogP contribution is -2.22. The third-order valence-electron chi connectivity index (χ3n) is 1.44. The van der Waals surface area contributed by atoms with Gasteiger partial charge in [-0.25, -0.2) is 0 Å². The first-order valence-electron chi connectivity index (χ1n) is 3.45. The Bertz CT molecular complexity index is 99.0. The molecule has 1 fully saturated rings. The van der Waals surface area contributed by atoms with Crippen LogP contribution in [-0.4, -0.2) is 37.3 Å². The molecule has 3 N–H and O–H groups in total. The summed E-state index contributed by atoms with van der Waals surface area (Å²) in [5.74, 6) is 0. The van der Waals surface area contributed by atoms with E-state index in [1.807, 2.05) is 0 Å². The molecule has 0 saturated carbocycles. The molecule has 1 heterocycles. The molecule has 1 aliphatic rings. The van der Waals surface area contributed by atoms with E-state index in [0.717, 1.165) is 0 Å². The van der Waals surface area contributed by atoms with E-state index in [9.17, 15) is 0 Å². The average molecular weight is 147 g/mol. The molecule has 10 heavy (non-hydrogen) atoms. The molecule has 0 radical (unpaired) electrons. The van der Waals surface area contributed by atoms with E-state index in [1.54, 1.807) is 0 Å². The van der Waals surface area contributed by atoms with Gasteiger partial charge in [-0.15, -0.1) is 0 Å². The van der Waals surface area contributed by atoms with Crippen molar-refractivity contribution < 1.29 is 14.6 Å². The van der Waals surface area contributed by atoms with Crippen molar-refractivity contribution in [2.24, 2.45) is 5.73 Å². The maximum Gasteiger partial charge on any atom is 0.160 e. The fourth-order valence-corrected chi connectivity index (χ4v) is 0.888. The number of hydrogen-bond acceptors (Lipinski definition) is 4. The van der Waals surface area contributed by atoms with Crippen LogP contribution in [0.4, 0.5) is 0 Å². The van der Waals surface area contributed by atoms with E-state index >= 15 is 0 Å². The second kappa shape index (κ2) is 3.88. The zero-order chi connectivity index (χ0) is 7.40. The lowest BCUT2D eigenvalue weighted by Gasteiger charge is -2.07. The molecule has 0 spiro atoms. The maximum atomic E-state index is 8.49. The molecule has 0 aliphatic carbocycles. The molecule has 4 heteroatoms. The molecule has 60 valence electrons. The highest BCUT2D eigenvalue weighted by atomic mass is 16.7. The van der Waals surface area contributed by atoms with Gasteiger partial charge in [0.1, 0.15) is 0 Å². The topological polar surface area (TPSA) is 64.7 Å². The molecular weight excluding hydrogens is 134 g/mol. The summed E-state index contributed by atoms with van der Waals surface area (Å²) >= 11 is 0. The van der Waals surface area contributed by atoms with E-state index in [2.05, 4.69) is 0 Å². The Kier molecular flexibility index (Phi) is 3.08. The molecule has 2 unspecified atom stereocenters. The molecule has 0 aromatic carbocycles. The molecule has 4 nitrogen and oxygen atoms in total. The normalized spacial score (nSPS) is 33.0.